The summed E-state index contributed by atoms with van der Waals surface area (Å²) in [6, 6.07) is 14.0. The summed E-state index contributed by atoms with van der Waals surface area (Å²) in [5, 5.41) is 3.71. The standard InChI is InChI=1S/C24H32ClN3O4S/c1-4-32-19-9-11-20(12-10-19)33(30,31)28-15-13-18(14-16-28)24(29)26-17-23(27(2)3)21-7-5-6-8-22(21)25/h5-12,18,23H,4,13-17H2,1-3H3,(H,26,29). The van der Waals surface area contributed by atoms with Crippen LogP contribution in [-0.2, 0) is 14.8 Å². The van der Waals surface area contributed by atoms with E-state index in [1.165, 1.54) is 4.31 Å². The third kappa shape index (κ3) is 6.26. The molecule has 1 aliphatic heterocycles. The lowest BCUT2D eigenvalue weighted by Gasteiger charge is -2.31. The maximum atomic E-state index is 13.0. The number of benzene rings is 2. The number of hydrogen-bond donors (Lipinski definition) is 1. The van der Waals surface area contributed by atoms with Crippen molar-refractivity contribution in [2.75, 3.05) is 40.3 Å². The highest BCUT2D eigenvalue weighted by Gasteiger charge is 2.32. The van der Waals surface area contributed by atoms with Gasteiger partial charge in [0.15, 0.2) is 0 Å². The summed E-state index contributed by atoms with van der Waals surface area (Å²) in [7, 11) is 0.302. The molecule has 9 heteroatoms. The summed E-state index contributed by atoms with van der Waals surface area (Å²) in [6.45, 7) is 3.46. The van der Waals surface area contributed by atoms with Gasteiger partial charge in [0.25, 0.3) is 0 Å². The Bertz CT molecular complexity index is 1040. The van der Waals surface area contributed by atoms with Crippen LogP contribution in [0.1, 0.15) is 31.4 Å². The fraction of sp³-hybridized carbons (Fsp3) is 0.458. The van der Waals surface area contributed by atoms with Gasteiger partial charge in [0.05, 0.1) is 17.5 Å². The first-order chi connectivity index (χ1) is 15.7. The molecule has 0 radical (unpaired) electrons. The lowest BCUT2D eigenvalue weighted by atomic mass is 9.97. The van der Waals surface area contributed by atoms with Gasteiger partial charge >= 0.3 is 0 Å². The molecule has 33 heavy (non-hydrogen) atoms. The zero-order valence-electron chi connectivity index (χ0n) is 19.3. The number of nitrogens with one attached hydrogen (secondary N) is 1. The molecule has 1 N–H and O–H groups in total. The SMILES string of the molecule is CCOc1ccc(S(=O)(=O)N2CCC(C(=O)NCC(c3ccccc3Cl)N(C)C)CC2)cc1. The van der Waals surface area contributed by atoms with Crippen LogP contribution in [0.15, 0.2) is 53.4 Å². The number of rotatable bonds is 9. The molecule has 1 amide bonds. The predicted octanol–water partition coefficient (Wildman–Crippen LogP) is 3.56. The van der Waals surface area contributed by atoms with Crippen molar-refractivity contribution < 1.29 is 17.9 Å². The zero-order valence-corrected chi connectivity index (χ0v) is 20.9. The molecule has 180 valence electrons. The van der Waals surface area contributed by atoms with E-state index in [0.29, 0.717) is 49.9 Å². The van der Waals surface area contributed by atoms with E-state index in [1.807, 2.05) is 50.2 Å². The fourth-order valence-electron chi connectivity index (χ4n) is 4.04. The minimum Gasteiger partial charge on any atom is -0.494 e. The van der Waals surface area contributed by atoms with E-state index in [0.717, 1.165) is 5.56 Å². The summed E-state index contributed by atoms with van der Waals surface area (Å²) in [5.74, 6) is 0.373. The van der Waals surface area contributed by atoms with Gasteiger partial charge in [0.1, 0.15) is 5.75 Å². The number of carbonyl (C=O) groups excluding carboxylic acids is 1. The smallest absolute Gasteiger partial charge is 0.243 e. The normalized spacial score (nSPS) is 16.5. The number of carbonyl (C=O) groups is 1. The molecular formula is C24H32ClN3O4S. The van der Waals surface area contributed by atoms with Gasteiger partial charge in [-0.1, -0.05) is 29.8 Å². The second-order valence-corrected chi connectivity index (χ2v) is 10.7. The van der Waals surface area contributed by atoms with Crippen molar-refractivity contribution in [3.63, 3.8) is 0 Å². The molecule has 1 atom stereocenters. The van der Waals surface area contributed by atoms with Gasteiger partial charge in [-0.2, -0.15) is 4.31 Å². The number of halogens is 1. The van der Waals surface area contributed by atoms with Gasteiger partial charge in [-0.25, -0.2) is 8.42 Å². The van der Waals surface area contributed by atoms with E-state index in [1.54, 1.807) is 24.3 Å². The first-order valence-corrected chi connectivity index (χ1v) is 13.0. The highest BCUT2D eigenvalue weighted by molar-refractivity contribution is 7.89. The van der Waals surface area contributed by atoms with Crippen molar-refractivity contribution in [3.05, 3.63) is 59.1 Å². The predicted molar refractivity (Wildman–Crippen MR) is 130 cm³/mol. The number of hydrogen-bond acceptors (Lipinski definition) is 5. The van der Waals surface area contributed by atoms with Crippen molar-refractivity contribution >= 4 is 27.5 Å². The Labute approximate surface area is 201 Å². The van der Waals surface area contributed by atoms with Crippen LogP contribution in [0.25, 0.3) is 0 Å². The molecule has 0 bridgehead atoms. The number of likely N-dealkylation sites (N-methyl/N-ethyl adjacent to an activating group) is 1. The van der Waals surface area contributed by atoms with Crippen LogP contribution in [-0.4, -0.2) is 63.9 Å². The summed E-state index contributed by atoms with van der Waals surface area (Å²) in [5.41, 5.74) is 0.959. The zero-order chi connectivity index (χ0) is 24.0. The van der Waals surface area contributed by atoms with Crippen molar-refractivity contribution in [1.29, 1.82) is 0 Å². The van der Waals surface area contributed by atoms with E-state index in [4.69, 9.17) is 16.3 Å². The Kier molecular flexibility index (Phi) is 8.75. The molecule has 3 rings (SSSR count). The summed E-state index contributed by atoms with van der Waals surface area (Å²) >= 11 is 6.35. The van der Waals surface area contributed by atoms with E-state index < -0.39 is 10.0 Å². The van der Waals surface area contributed by atoms with E-state index in [-0.39, 0.29) is 22.8 Å². The second-order valence-electron chi connectivity index (χ2n) is 8.33. The quantitative estimate of drug-likeness (QED) is 0.578. The fourth-order valence-corrected chi connectivity index (χ4v) is 5.77. The molecule has 0 saturated carbocycles. The van der Waals surface area contributed by atoms with Crippen LogP contribution in [0.4, 0.5) is 0 Å². The Hall–Kier alpha value is -2.13. The van der Waals surface area contributed by atoms with Gasteiger partial charge in [0, 0.05) is 30.6 Å². The maximum Gasteiger partial charge on any atom is 0.243 e. The molecule has 0 aliphatic carbocycles. The summed E-state index contributed by atoms with van der Waals surface area (Å²) < 4.78 is 32.8. The van der Waals surface area contributed by atoms with Crippen molar-refractivity contribution in [1.82, 2.24) is 14.5 Å². The number of amides is 1. The first-order valence-electron chi connectivity index (χ1n) is 11.2. The van der Waals surface area contributed by atoms with Crippen LogP contribution in [0.5, 0.6) is 5.75 Å². The second kappa shape index (κ2) is 11.3. The van der Waals surface area contributed by atoms with Gasteiger partial charge in [-0.05, 0) is 69.8 Å². The monoisotopic (exact) mass is 493 g/mol. The molecule has 7 nitrogen and oxygen atoms in total. The Morgan fingerprint density at radius 2 is 1.79 bits per heavy atom. The van der Waals surface area contributed by atoms with Crippen LogP contribution >= 0.6 is 11.6 Å². The number of nitrogens with zero attached hydrogens (tertiary/aromatic N) is 2. The minimum atomic E-state index is -3.60. The topological polar surface area (TPSA) is 79.0 Å². The number of ether oxygens (including phenoxy) is 1. The van der Waals surface area contributed by atoms with E-state index in [9.17, 15) is 13.2 Å². The van der Waals surface area contributed by atoms with Crippen molar-refractivity contribution in [2.24, 2.45) is 5.92 Å². The average molecular weight is 494 g/mol. The first kappa shape index (κ1) is 25.5. The number of piperidine rings is 1. The molecule has 1 heterocycles. The molecule has 2 aromatic carbocycles. The van der Waals surface area contributed by atoms with Crippen LogP contribution in [0.2, 0.25) is 5.02 Å². The molecule has 1 saturated heterocycles. The van der Waals surface area contributed by atoms with E-state index >= 15 is 0 Å². The lowest BCUT2D eigenvalue weighted by Crippen LogP contribution is -2.44. The number of sulfonamides is 1. The van der Waals surface area contributed by atoms with Crippen LogP contribution in [0, 0.1) is 5.92 Å². The Morgan fingerprint density at radius 1 is 1.15 bits per heavy atom. The lowest BCUT2D eigenvalue weighted by molar-refractivity contribution is -0.126. The van der Waals surface area contributed by atoms with Crippen molar-refractivity contribution in [2.45, 2.75) is 30.7 Å². The summed E-state index contributed by atoms with van der Waals surface area (Å²) in [4.78, 5) is 15.1. The third-order valence-corrected chi connectivity index (χ3v) is 8.21. The molecule has 0 aromatic heterocycles. The molecule has 2 aromatic rings. The third-order valence-electron chi connectivity index (χ3n) is 5.95. The largest absolute Gasteiger partial charge is 0.494 e. The maximum absolute atomic E-state index is 13.0. The molecule has 0 spiro atoms. The van der Waals surface area contributed by atoms with Crippen LogP contribution in [0.3, 0.4) is 0 Å². The van der Waals surface area contributed by atoms with Crippen LogP contribution < -0.4 is 10.1 Å². The Balaban J connectivity index is 1.56. The van der Waals surface area contributed by atoms with Gasteiger partial charge < -0.3 is 15.0 Å². The Morgan fingerprint density at radius 3 is 2.36 bits per heavy atom. The molecular weight excluding hydrogens is 462 g/mol. The van der Waals surface area contributed by atoms with Gasteiger partial charge in [-0.3, -0.25) is 4.79 Å². The molecule has 1 aliphatic rings. The van der Waals surface area contributed by atoms with Gasteiger partial charge in [0.2, 0.25) is 15.9 Å². The molecule has 1 unspecified atom stereocenters. The van der Waals surface area contributed by atoms with Gasteiger partial charge in [-0.15, -0.1) is 0 Å². The minimum absolute atomic E-state index is 0.0491. The summed E-state index contributed by atoms with van der Waals surface area (Å²) in [6.07, 6.45) is 0.974. The highest BCUT2D eigenvalue weighted by Crippen LogP contribution is 2.27. The average Bonchev–Trinajstić information content (AvgIpc) is 2.80. The molecule has 1 fully saturated rings. The van der Waals surface area contributed by atoms with E-state index in [2.05, 4.69) is 5.32 Å². The van der Waals surface area contributed by atoms with Crippen molar-refractivity contribution in [3.8, 4) is 5.75 Å². The highest BCUT2D eigenvalue weighted by atomic mass is 35.5.